The van der Waals surface area contributed by atoms with E-state index in [0.29, 0.717) is 0 Å². The molecule has 11 heteroatoms. The second-order valence-electron chi connectivity index (χ2n) is 4.19. The van der Waals surface area contributed by atoms with Gasteiger partial charge in [0.05, 0.1) is 31.1 Å². The first-order chi connectivity index (χ1) is 10.3. The van der Waals surface area contributed by atoms with Gasteiger partial charge in [0.1, 0.15) is 12.2 Å². The maximum atomic E-state index is 12.9. The molecule has 0 aliphatic rings. The molecule has 0 saturated carbocycles. The van der Waals surface area contributed by atoms with Crippen LogP contribution in [0.3, 0.4) is 0 Å². The molecular weight excluding hydrogens is 311 g/mol. The number of aromatic amines is 1. The first-order valence-electron chi connectivity index (χ1n) is 5.95. The average molecular weight is 325 g/mol. The van der Waals surface area contributed by atoms with Gasteiger partial charge in [-0.05, 0) is 0 Å². The van der Waals surface area contributed by atoms with Crippen molar-refractivity contribution in [3.05, 3.63) is 22.1 Å². The quantitative estimate of drug-likeness (QED) is 0.630. The zero-order valence-corrected chi connectivity index (χ0v) is 11.4. The normalized spacial score (nSPS) is 12.9. The zero-order valence-electron chi connectivity index (χ0n) is 11.4. The molecule has 0 amide bonds. The molecule has 1 aromatic heterocycles. The number of hydrogen-bond acceptors (Lipinski definition) is 6. The van der Waals surface area contributed by atoms with Gasteiger partial charge in [-0.15, -0.1) is 0 Å². The van der Waals surface area contributed by atoms with E-state index in [1.807, 2.05) is 0 Å². The standard InChI is InChI=1S/C11H14F3N3O5/c1-21-3-6(4-22-5-8(18)19)16-7-2-15-17-10(20)9(7)11(12,13)14/h2,6H,3-5H2,1H3,(H,18,19)(H2,16,17,20)/t6-/m0/s1. The molecule has 3 N–H and O–H groups in total. The summed E-state index contributed by atoms with van der Waals surface area (Å²) in [5.74, 6) is -1.22. The van der Waals surface area contributed by atoms with Gasteiger partial charge in [0, 0.05) is 7.11 Å². The SMILES string of the molecule is COC[C@@H](COCC(=O)O)Nc1cn[nH]c(=O)c1C(F)(F)F. The third-order valence-corrected chi connectivity index (χ3v) is 2.41. The molecule has 0 spiro atoms. The Bertz CT molecular complexity index is 561. The maximum absolute atomic E-state index is 12.9. The number of aromatic nitrogens is 2. The van der Waals surface area contributed by atoms with Gasteiger partial charge in [-0.1, -0.05) is 0 Å². The van der Waals surface area contributed by atoms with E-state index in [1.54, 1.807) is 5.10 Å². The van der Waals surface area contributed by atoms with Gasteiger partial charge in [0.2, 0.25) is 0 Å². The molecule has 0 bridgehead atoms. The lowest BCUT2D eigenvalue weighted by atomic mass is 10.2. The fraction of sp³-hybridized carbons (Fsp3) is 0.545. The Kier molecular flexibility index (Phi) is 6.31. The van der Waals surface area contributed by atoms with Crippen LogP contribution in [0.5, 0.6) is 0 Å². The van der Waals surface area contributed by atoms with Crippen molar-refractivity contribution in [1.29, 1.82) is 0 Å². The van der Waals surface area contributed by atoms with Gasteiger partial charge in [0.25, 0.3) is 5.56 Å². The number of nitrogens with one attached hydrogen (secondary N) is 2. The number of carboxylic acids is 1. The number of anilines is 1. The zero-order chi connectivity index (χ0) is 16.8. The summed E-state index contributed by atoms with van der Waals surface area (Å²) in [6.07, 6.45) is -4.07. The maximum Gasteiger partial charge on any atom is 0.423 e. The molecule has 0 unspecified atom stereocenters. The van der Waals surface area contributed by atoms with Gasteiger partial charge in [-0.2, -0.15) is 18.3 Å². The van der Waals surface area contributed by atoms with Crippen molar-refractivity contribution in [2.75, 3.05) is 32.2 Å². The smallest absolute Gasteiger partial charge is 0.423 e. The van der Waals surface area contributed by atoms with Gasteiger partial charge in [-0.3, -0.25) is 4.79 Å². The number of hydrogen-bond donors (Lipinski definition) is 3. The first-order valence-corrected chi connectivity index (χ1v) is 5.95. The van der Waals surface area contributed by atoms with E-state index in [9.17, 15) is 22.8 Å². The molecule has 0 aromatic carbocycles. The lowest BCUT2D eigenvalue weighted by Crippen LogP contribution is -2.34. The van der Waals surface area contributed by atoms with Crippen LogP contribution in [0.2, 0.25) is 0 Å². The minimum atomic E-state index is -4.88. The average Bonchev–Trinajstić information content (AvgIpc) is 2.36. The van der Waals surface area contributed by atoms with Crippen LogP contribution in [-0.2, 0) is 20.4 Å². The Morgan fingerprint density at radius 1 is 1.50 bits per heavy atom. The largest absolute Gasteiger partial charge is 0.480 e. The van der Waals surface area contributed by atoms with Gasteiger partial charge in [0.15, 0.2) is 0 Å². The molecule has 0 aliphatic heterocycles. The number of alkyl halides is 3. The number of nitrogens with zero attached hydrogens (tertiary/aromatic N) is 1. The summed E-state index contributed by atoms with van der Waals surface area (Å²) in [5.41, 5.74) is -3.36. The van der Waals surface area contributed by atoms with Crippen LogP contribution in [0.1, 0.15) is 5.56 Å². The predicted octanol–water partition coefficient (Wildman–Crippen LogP) is 0.317. The fourth-order valence-corrected chi connectivity index (χ4v) is 1.63. The van der Waals surface area contributed by atoms with E-state index in [0.717, 1.165) is 6.20 Å². The van der Waals surface area contributed by atoms with Crippen molar-refractivity contribution in [1.82, 2.24) is 10.2 Å². The molecule has 1 rings (SSSR count). The molecule has 0 fully saturated rings. The Morgan fingerprint density at radius 2 is 2.18 bits per heavy atom. The van der Waals surface area contributed by atoms with Crippen molar-refractivity contribution in [3.8, 4) is 0 Å². The lowest BCUT2D eigenvalue weighted by Gasteiger charge is -2.20. The highest BCUT2D eigenvalue weighted by molar-refractivity contribution is 5.68. The predicted molar refractivity (Wildman–Crippen MR) is 67.6 cm³/mol. The molecule has 8 nitrogen and oxygen atoms in total. The molecule has 124 valence electrons. The van der Waals surface area contributed by atoms with E-state index in [-0.39, 0.29) is 13.2 Å². The summed E-state index contributed by atoms with van der Waals surface area (Å²) in [6.45, 7) is -0.907. The highest BCUT2D eigenvalue weighted by Crippen LogP contribution is 2.31. The molecule has 1 atom stereocenters. The Hall–Kier alpha value is -2.14. The first kappa shape index (κ1) is 17.9. The number of ether oxygens (including phenoxy) is 2. The summed E-state index contributed by atoms with van der Waals surface area (Å²) < 4.78 is 48.2. The summed E-state index contributed by atoms with van der Waals surface area (Å²) in [6, 6.07) is -0.797. The molecule has 0 aliphatic carbocycles. The van der Waals surface area contributed by atoms with Crippen LogP contribution in [0, 0.1) is 0 Å². The highest BCUT2D eigenvalue weighted by atomic mass is 19.4. The van der Waals surface area contributed by atoms with Gasteiger partial charge in [-0.25, -0.2) is 9.89 Å². The second-order valence-corrected chi connectivity index (χ2v) is 4.19. The number of carboxylic acid groups (broad SMARTS) is 1. The Balaban J connectivity index is 2.91. The minimum absolute atomic E-state index is 0.0658. The summed E-state index contributed by atoms with van der Waals surface area (Å²) in [7, 11) is 1.31. The van der Waals surface area contributed by atoms with Crippen LogP contribution < -0.4 is 10.9 Å². The van der Waals surface area contributed by atoms with E-state index < -0.39 is 41.6 Å². The van der Waals surface area contributed by atoms with Crippen LogP contribution in [0.15, 0.2) is 11.0 Å². The van der Waals surface area contributed by atoms with Crippen molar-refractivity contribution in [2.45, 2.75) is 12.2 Å². The van der Waals surface area contributed by atoms with Crippen LogP contribution in [-0.4, -0.2) is 54.2 Å². The van der Waals surface area contributed by atoms with E-state index in [1.165, 1.54) is 7.11 Å². The fourth-order valence-electron chi connectivity index (χ4n) is 1.63. The molecule has 1 aromatic rings. The highest BCUT2D eigenvalue weighted by Gasteiger charge is 2.37. The number of halogens is 3. The monoisotopic (exact) mass is 325 g/mol. The number of carbonyl (C=O) groups is 1. The van der Waals surface area contributed by atoms with Crippen molar-refractivity contribution in [2.24, 2.45) is 0 Å². The topological polar surface area (TPSA) is 114 Å². The number of rotatable bonds is 8. The van der Waals surface area contributed by atoms with Crippen LogP contribution in [0.4, 0.5) is 18.9 Å². The number of methoxy groups -OCH3 is 1. The Morgan fingerprint density at radius 3 is 2.73 bits per heavy atom. The number of H-pyrrole nitrogens is 1. The van der Waals surface area contributed by atoms with Crippen LogP contribution in [0.25, 0.3) is 0 Å². The van der Waals surface area contributed by atoms with E-state index >= 15 is 0 Å². The van der Waals surface area contributed by atoms with Crippen molar-refractivity contribution >= 4 is 11.7 Å². The van der Waals surface area contributed by atoms with Gasteiger partial charge < -0.3 is 19.9 Å². The molecule has 22 heavy (non-hydrogen) atoms. The molecule has 0 saturated heterocycles. The van der Waals surface area contributed by atoms with E-state index in [2.05, 4.69) is 10.4 Å². The van der Waals surface area contributed by atoms with Crippen molar-refractivity contribution in [3.63, 3.8) is 0 Å². The second kappa shape index (κ2) is 7.75. The minimum Gasteiger partial charge on any atom is -0.480 e. The molecular formula is C11H14F3N3O5. The third-order valence-electron chi connectivity index (χ3n) is 2.41. The molecule has 0 radical (unpaired) electrons. The Labute approximate surface area is 122 Å². The van der Waals surface area contributed by atoms with Gasteiger partial charge >= 0.3 is 12.1 Å². The van der Waals surface area contributed by atoms with Crippen LogP contribution >= 0.6 is 0 Å². The lowest BCUT2D eigenvalue weighted by molar-refractivity contribution is -0.142. The summed E-state index contributed by atoms with van der Waals surface area (Å²) >= 11 is 0. The third kappa shape index (κ3) is 5.33. The molecule has 1 heterocycles. The number of aliphatic carboxylic acids is 1. The summed E-state index contributed by atoms with van der Waals surface area (Å²) in [4.78, 5) is 21.7. The van der Waals surface area contributed by atoms with E-state index in [4.69, 9.17) is 14.6 Å². The van der Waals surface area contributed by atoms with Crippen molar-refractivity contribution < 1.29 is 32.5 Å². The summed E-state index contributed by atoms with van der Waals surface area (Å²) in [5, 5.41) is 15.9.